The monoisotopic (exact) mass is 508 g/mol. The van der Waals surface area contributed by atoms with Gasteiger partial charge in [0.2, 0.25) is 10.0 Å². The molecule has 0 spiro atoms. The Morgan fingerprint density at radius 1 is 1.18 bits per heavy atom. The van der Waals surface area contributed by atoms with Crippen LogP contribution in [0.25, 0.3) is 0 Å². The van der Waals surface area contributed by atoms with Gasteiger partial charge in [0.15, 0.2) is 5.82 Å². The largest absolute Gasteiger partial charge is 0.322 e. The lowest BCUT2D eigenvalue weighted by Gasteiger charge is -2.25. The molecule has 1 atom stereocenters. The molecule has 12 heteroatoms. The predicted octanol–water partition coefficient (Wildman–Crippen LogP) is 3.96. The van der Waals surface area contributed by atoms with Crippen molar-refractivity contribution in [1.29, 1.82) is 0 Å². The fourth-order valence-electron chi connectivity index (χ4n) is 3.85. The molecule has 1 aliphatic rings. The van der Waals surface area contributed by atoms with E-state index in [4.69, 9.17) is 28.3 Å². The quantitative estimate of drug-likeness (QED) is 0.539. The third-order valence-electron chi connectivity index (χ3n) is 5.54. The van der Waals surface area contributed by atoms with E-state index in [2.05, 4.69) is 15.5 Å². The highest BCUT2D eigenvalue weighted by Gasteiger charge is 2.34. The Kier molecular flexibility index (Phi) is 6.62. The van der Waals surface area contributed by atoms with Gasteiger partial charge >= 0.3 is 6.03 Å². The minimum Gasteiger partial charge on any atom is -0.314 e. The van der Waals surface area contributed by atoms with Gasteiger partial charge in [0.1, 0.15) is 5.82 Å². The molecule has 2 heterocycles. The highest BCUT2D eigenvalue weighted by Crippen LogP contribution is 2.33. The fourth-order valence-corrected chi connectivity index (χ4v) is 4.81. The van der Waals surface area contributed by atoms with E-state index in [1.165, 1.54) is 18.2 Å². The summed E-state index contributed by atoms with van der Waals surface area (Å²) in [6, 6.07) is 10.8. The van der Waals surface area contributed by atoms with E-state index in [9.17, 15) is 13.2 Å². The van der Waals surface area contributed by atoms with Gasteiger partial charge in [0, 0.05) is 11.6 Å². The summed E-state index contributed by atoms with van der Waals surface area (Å²) in [7, 11) is -3.89. The summed E-state index contributed by atoms with van der Waals surface area (Å²) >= 11 is 12.2. The van der Waals surface area contributed by atoms with Crippen LogP contribution in [0.2, 0.25) is 10.0 Å². The first-order chi connectivity index (χ1) is 15.6. The number of hydrogen-bond donors (Lipinski definition) is 2. The number of sulfonamides is 1. The maximum Gasteiger partial charge on any atom is 0.322 e. The van der Waals surface area contributed by atoms with E-state index in [1.54, 1.807) is 4.90 Å². The van der Waals surface area contributed by atoms with E-state index >= 15 is 0 Å². The van der Waals surface area contributed by atoms with E-state index in [0.717, 1.165) is 24.2 Å². The lowest BCUT2D eigenvalue weighted by molar-refractivity contribution is 0.204. The van der Waals surface area contributed by atoms with Gasteiger partial charge in [-0.3, -0.25) is 0 Å². The third kappa shape index (κ3) is 5.14. The highest BCUT2D eigenvalue weighted by molar-refractivity contribution is 7.89. The molecule has 174 valence electrons. The maximum absolute atomic E-state index is 13.1. The standard InChI is InChI=1S/C21H22Cl2N6O3S/c1-13-26-27-20(29(13)12-14-4-6-15(22)7-5-14)19-3-2-10-28(19)21(30)25-18-9-8-16(11-17(18)23)33(24,31)32/h4-9,11,19H,2-3,10,12H2,1H3,(H,25,30)(H2,24,31,32)/t19-/m1/s1. The molecule has 0 aliphatic carbocycles. The number of benzene rings is 2. The van der Waals surface area contributed by atoms with Crippen molar-refractivity contribution in [3.63, 3.8) is 0 Å². The minimum atomic E-state index is -3.89. The van der Waals surface area contributed by atoms with Crippen LogP contribution in [0.5, 0.6) is 0 Å². The van der Waals surface area contributed by atoms with Crippen LogP contribution in [0.1, 0.15) is 36.1 Å². The first-order valence-electron chi connectivity index (χ1n) is 10.2. The van der Waals surface area contributed by atoms with E-state index in [-0.39, 0.29) is 22.0 Å². The van der Waals surface area contributed by atoms with Crippen molar-refractivity contribution < 1.29 is 13.2 Å². The number of carbonyl (C=O) groups is 1. The fraction of sp³-hybridized carbons (Fsp3) is 0.286. The van der Waals surface area contributed by atoms with Crippen LogP contribution in [-0.2, 0) is 16.6 Å². The molecule has 9 nitrogen and oxygen atoms in total. The van der Waals surface area contributed by atoms with Gasteiger partial charge in [-0.1, -0.05) is 35.3 Å². The second-order valence-corrected chi connectivity index (χ2v) is 10.2. The molecule has 1 aromatic heterocycles. The summed E-state index contributed by atoms with van der Waals surface area (Å²) in [5, 5.41) is 17.2. The van der Waals surface area contributed by atoms with Crippen molar-refractivity contribution in [3.8, 4) is 0 Å². The lowest BCUT2D eigenvalue weighted by atomic mass is 10.2. The molecule has 1 aliphatic heterocycles. The number of aromatic nitrogens is 3. The van der Waals surface area contributed by atoms with Crippen molar-refractivity contribution in [2.75, 3.05) is 11.9 Å². The molecule has 33 heavy (non-hydrogen) atoms. The average molecular weight is 509 g/mol. The second kappa shape index (κ2) is 9.30. The van der Waals surface area contributed by atoms with Crippen LogP contribution >= 0.6 is 23.2 Å². The number of urea groups is 1. The van der Waals surface area contributed by atoms with Gasteiger partial charge in [0.25, 0.3) is 0 Å². The average Bonchev–Trinajstić information content (AvgIpc) is 3.37. The third-order valence-corrected chi connectivity index (χ3v) is 7.02. The second-order valence-electron chi connectivity index (χ2n) is 7.79. The van der Waals surface area contributed by atoms with Crippen molar-refractivity contribution in [2.24, 2.45) is 5.14 Å². The summed E-state index contributed by atoms with van der Waals surface area (Å²) in [4.78, 5) is 14.6. The number of nitrogens with one attached hydrogen (secondary N) is 1. The normalized spacial score (nSPS) is 16.2. The molecule has 0 radical (unpaired) electrons. The zero-order valence-electron chi connectivity index (χ0n) is 17.7. The molecule has 0 saturated carbocycles. The molecule has 0 bridgehead atoms. The molecule has 3 N–H and O–H groups in total. The summed E-state index contributed by atoms with van der Waals surface area (Å²) in [5.74, 6) is 1.44. The summed E-state index contributed by atoms with van der Waals surface area (Å²) in [5.41, 5.74) is 1.33. The van der Waals surface area contributed by atoms with Crippen LogP contribution in [0, 0.1) is 6.92 Å². The number of nitrogens with zero attached hydrogens (tertiary/aromatic N) is 4. The van der Waals surface area contributed by atoms with Gasteiger partial charge < -0.3 is 14.8 Å². The summed E-state index contributed by atoms with van der Waals surface area (Å²) in [6.45, 7) is 2.97. The van der Waals surface area contributed by atoms with E-state index < -0.39 is 10.0 Å². The molecule has 1 fully saturated rings. The Hall–Kier alpha value is -2.66. The first kappa shape index (κ1) is 23.5. The number of hydrogen-bond acceptors (Lipinski definition) is 5. The van der Waals surface area contributed by atoms with Gasteiger partial charge in [-0.25, -0.2) is 18.4 Å². The van der Waals surface area contributed by atoms with Crippen LogP contribution in [0.15, 0.2) is 47.4 Å². The topological polar surface area (TPSA) is 123 Å². The smallest absolute Gasteiger partial charge is 0.314 e. The summed E-state index contributed by atoms with van der Waals surface area (Å²) < 4.78 is 25.0. The number of primary sulfonamides is 1. The number of carbonyl (C=O) groups excluding carboxylic acids is 1. The molecule has 2 aromatic carbocycles. The van der Waals surface area contributed by atoms with Gasteiger partial charge in [-0.2, -0.15) is 0 Å². The van der Waals surface area contributed by atoms with Gasteiger partial charge in [-0.15, -0.1) is 10.2 Å². The minimum absolute atomic E-state index is 0.0763. The maximum atomic E-state index is 13.1. The SMILES string of the molecule is Cc1nnc([C@H]2CCCN2C(=O)Nc2ccc(S(N)(=O)=O)cc2Cl)n1Cc1ccc(Cl)cc1. The first-order valence-corrected chi connectivity index (χ1v) is 12.5. The van der Waals surface area contributed by atoms with Crippen molar-refractivity contribution in [2.45, 2.75) is 37.2 Å². The number of rotatable bonds is 5. The van der Waals surface area contributed by atoms with Crippen LogP contribution in [0.4, 0.5) is 10.5 Å². The number of amides is 2. The lowest BCUT2D eigenvalue weighted by Crippen LogP contribution is -2.35. The Morgan fingerprint density at radius 3 is 2.58 bits per heavy atom. The summed E-state index contributed by atoms with van der Waals surface area (Å²) in [6.07, 6.45) is 1.55. The number of aryl methyl sites for hydroxylation is 1. The van der Waals surface area contributed by atoms with Crippen molar-refractivity contribution in [3.05, 3.63) is 69.7 Å². The molecule has 2 amide bonds. The molecular weight excluding hydrogens is 487 g/mol. The molecule has 3 aromatic rings. The van der Waals surface area contributed by atoms with Crippen LogP contribution < -0.4 is 10.5 Å². The Labute approximate surface area is 201 Å². The number of nitrogens with two attached hydrogens (primary N) is 1. The molecule has 0 unspecified atom stereocenters. The van der Waals surface area contributed by atoms with Gasteiger partial charge in [0.05, 0.1) is 28.2 Å². The molecule has 1 saturated heterocycles. The number of anilines is 1. The van der Waals surface area contributed by atoms with Crippen molar-refractivity contribution in [1.82, 2.24) is 19.7 Å². The van der Waals surface area contributed by atoms with E-state index in [0.29, 0.717) is 29.6 Å². The molecule has 4 rings (SSSR count). The van der Waals surface area contributed by atoms with Crippen LogP contribution in [0.3, 0.4) is 0 Å². The van der Waals surface area contributed by atoms with Crippen molar-refractivity contribution >= 4 is 44.9 Å². The molecular formula is C21H22Cl2N6O3S. The van der Waals surface area contributed by atoms with E-state index in [1.807, 2.05) is 35.8 Å². The van der Waals surface area contributed by atoms with Gasteiger partial charge in [-0.05, 0) is 55.7 Å². The number of halogens is 2. The Balaban J connectivity index is 1.55. The predicted molar refractivity (Wildman–Crippen MR) is 126 cm³/mol. The Bertz CT molecular complexity index is 1290. The van der Waals surface area contributed by atoms with Crippen LogP contribution in [-0.4, -0.2) is 40.7 Å². The Morgan fingerprint density at radius 2 is 1.91 bits per heavy atom. The number of likely N-dealkylation sites (tertiary alicyclic amines) is 1. The zero-order valence-corrected chi connectivity index (χ0v) is 20.0. The highest BCUT2D eigenvalue weighted by atomic mass is 35.5. The zero-order chi connectivity index (χ0) is 23.8.